The Balaban J connectivity index is 3.02. The Morgan fingerprint density at radius 3 is 2.24 bits per heavy atom. The molecule has 0 saturated carbocycles. The summed E-state index contributed by atoms with van der Waals surface area (Å²) in [6, 6.07) is 3.60. The number of anilines is 1. The van der Waals surface area contributed by atoms with Crippen molar-refractivity contribution in [2.24, 2.45) is 10.6 Å². The van der Waals surface area contributed by atoms with Gasteiger partial charge in [0.25, 0.3) is 0 Å². The second-order valence-corrected chi connectivity index (χ2v) is 9.73. The summed E-state index contributed by atoms with van der Waals surface area (Å²) in [5, 5.41) is 5.11. The van der Waals surface area contributed by atoms with Crippen LogP contribution in [0.1, 0.15) is 27.2 Å². The first-order valence-electron chi connectivity index (χ1n) is 6.13. The van der Waals surface area contributed by atoms with E-state index in [0.29, 0.717) is 6.42 Å². The molecule has 0 radical (unpaired) electrons. The van der Waals surface area contributed by atoms with E-state index >= 15 is 0 Å². The SMILES string of the molecule is CC(C)(C)CCS(=O)(=O)Nc1cc(S(N)(=O)=O)ccc1Cl. The van der Waals surface area contributed by atoms with Crippen molar-refractivity contribution in [1.29, 1.82) is 0 Å². The molecule has 0 fully saturated rings. The van der Waals surface area contributed by atoms with Gasteiger partial charge in [-0.05, 0) is 30.0 Å². The smallest absolute Gasteiger partial charge is 0.238 e. The van der Waals surface area contributed by atoms with Crippen molar-refractivity contribution in [1.82, 2.24) is 0 Å². The van der Waals surface area contributed by atoms with Gasteiger partial charge in [-0.2, -0.15) is 0 Å². The lowest BCUT2D eigenvalue weighted by Crippen LogP contribution is -2.21. The number of nitrogens with two attached hydrogens (primary N) is 1. The zero-order chi connectivity index (χ0) is 16.5. The standard InChI is InChI=1S/C12H19ClN2O4S2/c1-12(2,3)6-7-20(16,17)15-11-8-9(21(14,18)19)4-5-10(11)13/h4-5,8,15H,6-7H2,1-3H3,(H2,14,18,19). The van der Waals surface area contributed by atoms with Crippen LogP contribution in [0, 0.1) is 5.41 Å². The summed E-state index contributed by atoms with van der Waals surface area (Å²) in [4.78, 5) is -0.208. The van der Waals surface area contributed by atoms with E-state index in [2.05, 4.69) is 4.72 Å². The summed E-state index contributed by atoms with van der Waals surface area (Å²) >= 11 is 5.88. The van der Waals surface area contributed by atoms with Gasteiger partial charge < -0.3 is 0 Å². The van der Waals surface area contributed by atoms with Crippen molar-refractivity contribution >= 4 is 37.3 Å². The molecule has 21 heavy (non-hydrogen) atoms. The molecule has 1 rings (SSSR count). The fourth-order valence-corrected chi connectivity index (χ4v) is 3.67. The average Bonchev–Trinajstić information content (AvgIpc) is 2.27. The summed E-state index contributed by atoms with van der Waals surface area (Å²) in [5.41, 5.74) is -0.141. The molecule has 0 aliphatic rings. The highest BCUT2D eigenvalue weighted by Crippen LogP contribution is 2.27. The number of benzene rings is 1. The van der Waals surface area contributed by atoms with Crippen molar-refractivity contribution in [3.63, 3.8) is 0 Å². The Morgan fingerprint density at radius 1 is 1.19 bits per heavy atom. The van der Waals surface area contributed by atoms with Crippen LogP contribution in [0.15, 0.2) is 23.1 Å². The number of halogens is 1. The molecule has 120 valence electrons. The summed E-state index contributed by atoms with van der Waals surface area (Å²) in [6.45, 7) is 5.78. The first kappa shape index (κ1) is 18.2. The van der Waals surface area contributed by atoms with Crippen molar-refractivity contribution in [3.05, 3.63) is 23.2 Å². The van der Waals surface area contributed by atoms with Gasteiger partial charge in [0.1, 0.15) is 0 Å². The predicted molar refractivity (Wildman–Crippen MR) is 84.3 cm³/mol. The Hall–Kier alpha value is -0.830. The Kier molecular flexibility index (Phi) is 5.31. The highest BCUT2D eigenvalue weighted by atomic mass is 35.5. The third-order valence-electron chi connectivity index (χ3n) is 2.65. The molecule has 0 bridgehead atoms. The van der Waals surface area contributed by atoms with Gasteiger partial charge in [-0.1, -0.05) is 32.4 Å². The van der Waals surface area contributed by atoms with Crippen LogP contribution in [0.2, 0.25) is 5.02 Å². The van der Waals surface area contributed by atoms with Gasteiger partial charge in [0.2, 0.25) is 20.0 Å². The van der Waals surface area contributed by atoms with Crippen LogP contribution in [-0.2, 0) is 20.0 Å². The van der Waals surface area contributed by atoms with Crippen LogP contribution >= 0.6 is 11.6 Å². The maximum atomic E-state index is 12.0. The van der Waals surface area contributed by atoms with E-state index in [0.717, 1.165) is 6.07 Å². The maximum absolute atomic E-state index is 12.0. The van der Waals surface area contributed by atoms with Gasteiger partial charge in [0, 0.05) is 0 Å². The molecule has 3 N–H and O–H groups in total. The summed E-state index contributed by atoms with van der Waals surface area (Å²) < 4.78 is 48.9. The van der Waals surface area contributed by atoms with E-state index in [1.54, 1.807) is 0 Å². The van der Waals surface area contributed by atoms with Crippen molar-refractivity contribution in [3.8, 4) is 0 Å². The molecule has 0 atom stereocenters. The predicted octanol–water partition coefficient (Wildman–Crippen LogP) is 2.17. The summed E-state index contributed by atoms with van der Waals surface area (Å²) in [7, 11) is -7.55. The van der Waals surface area contributed by atoms with E-state index in [1.807, 2.05) is 20.8 Å². The van der Waals surface area contributed by atoms with E-state index in [-0.39, 0.29) is 26.8 Å². The van der Waals surface area contributed by atoms with E-state index in [9.17, 15) is 16.8 Å². The van der Waals surface area contributed by atoms with Gasteiger partial charge in [-0.15, -0.1) is 0 Å². The van der Waals surface area contributed by atoms with Crippen molar-refractivity contribution in [2.75, 3.05) is 10.5 Å². The van der Waals surface area contributed by atoms with Crippen molar-refractivity contribution in [2.45, 2.75) is 32.1 Å². The van der Waals surface area contributed by atoms with Crippen LogP contribution in [0.25, 0.3) is 0 Å². The quantitative estimate of drug-likeness (QED) is 0.844. The molecule has 0 unspecified atom stereocenters. The maximum Gasteiger partial charge on any atom is 0.238 e. The first-order valence-corrected chi connectivity index (χ1v) is 9.71. The van der Waals surface area contributed by atoms with Crippen LogP contribution < -0.4 is 9.86 Å². The number of hydrogen-bond donors (Lipinski definition) is 2. The molecule has 0 aliphatic heterocycles. The molecule has 1 aromatic carbocycles. The van der Waals surface area contributed by atoms with E-state index in [1.165, 1.54) is 12.1 Å². The largest absolute Gasteiger partial charge is 0.282 e. The van der Waals surface area contributed by atoms with Crippen LogP contribution in [0.5, 0.6) is 0 Å². The zero-order valence-corrected chi connectivity index (χ0v) is 14.4. The van der Waals surface area contributed by atoms with E-state index in [4.69, 9.17) is 16.7 Å². The molecule has 9 heteroatoms. The molecule has 0 aromatic heterocycles. The topological polar surface area (TPSA) is 106 Å². The fourth-order valence-electron chi connectivity index (χ4n) is 1.42. The third kappa shape index (κ3) is 6.21. The van der Waals surface area contributed by atoms with Crippen LogP contribution in [0.4, 0.5) is 5.69 Å². The minimum absolute atomic E-state index is 0.00268. The Morgan fingerprint density at radius 2 is 1.76 bits per heavy atom. The number of primary sulfonamides is 1. The molecule has 1 aromatic rings. The normalized spacial score (nSPS) is 13.2. The lowest BCUT2D eigenvalue weighted by molar-refractivity contribution is 0.397. The summed E-state index contributed by atoms with van der Waals surface area (Å²) in [5.74, 6) is -0.0908. The minimum Gasteiger partial charge on any atom is -0.282 e. The lowest BCUT2D eigenvalue weighted by Gasteiger charge is -2.18. The van der Waals surface area contributed by atoms with Gasteiger partial charge in [-0.3, -0.25) is 4.72 Å². The zero-order valence-electron chi connectivity index (χ0n) is 12.1. The second-order valence-electron chi connectivity index (χ2n) is 5.92. The van der Waals surface area contributed by atoms with Gasteiger partial charge in [0.15, 0.2) is 0 Å². The molecule has 0 saturated heterocycles. The number of rotatable bonds is 5. The molecular formula is C12H19ClN2O4S2. The monoisotopic (exact) mass is 354 g/mol. The highest BCUT2D eigenvalue weighted by molar-refractivity contribution is 7.92. The average molecular weight is 355 g/mol. The molecule has 0 aliphatic carbocycles. The Bertz CT molecular complexity index is 722. The molecule has 0 spiro atoms. The third-order valence-corrected chi connectivity index (χ3v) is 5.17. The van der Waals surface area contributed by atoms with Gasteiger partial charge in [-0.25, -0.2) is 22.0 Å². The Labute approximate surface area is 130 Å². The number of sulfonamides is 2. The first-order chi connectivity index (χ1) is 9.30. The van der Waals surface area contributed by atoms with Gasteiger partial charge >= 0.3 is 0 Å². The molecule has 0 heterocycles. The van der Waals surface area contributed by atoms with Crippen molar-refractivity contribution < 1.29 is 16.8 Å². The van der Waals surface area contributed by atoms with Crippen LogP contribution in [-0.4, -0.2) is 22.6 Å². The second kappa shape index (κ2) is 6.12. The van der Waals surface area contributed by atoms with Gasteiger partial charge in [0.05, 0.1) is 21.4 Å². The van der Waals surface area contributed by atoms with E-state index < -0.39 is 20.0 Å². The molecule has 6 nitrogen and oxygen atoms in total. The number of hydrogen-bond acceptors (Lipinski definition) is 4. The van der Waals surface area contributed by atoms with Crippen LogP contribution in [0.3, 0.4) is 0 Å². The molecule has 0 amide bonds. The summed E-state index contributed by atoms with van der Waals surface area (Å²) in [6.07, 6.45) is 0.453. The minimum atomic E-state index is -3.93. The number of nitrogens with one attached hydrogen (secondary N) is 1. The fraction of sp³-hybridized carbons (Fsp3) is 0.500. The molecular weight excluding hydrogens is 336 g/mol. The lowest BCUT2D eigenvalue weighted by atomic mass is 9.94. The highest BCUT2D eigenvalue weighted by Gasteiger charge is 2.19.